The maximum absolute atomic E-state index is 12.0. The predicted molar refractivity (Wildman–Crippen MR) is 108 cm³/mol. The molecule has 1 aliphatic rings. The van der Waals surface area contributed by atoms with Crippen LogP contribution in [0.3, 0.4) is 0 Å². The van der Waals surface area contributed by atoms with Gasteiger partial charge in [0.15, 0.2) is 0 Å². The molecule has 26 heavy (non-hydrogen) atoms. The molecule has 0 radical (unpaired) electrons. The zero-order valence-corrected chi connectivity index (χ0v) is 15.7. The molecular weight excluding hydrogens is 346 g/mol. The second-order valence-electron chi connectivity index (χ2n) is 7.05. The van der Waals surface area contributed by atoms with Crippen LogP contribution in [0.2, 0.25) is 5.02 Å². The lowest BCUT2D eigenvalue weighted by molar-refractivity contribution is 0.539. The second kappa shape index (κ2) is 6.45. The predicted octanol–water partition coefficient (Wildman–Crippen LogP) is 3.80. The van der Waals surface area contributed by atoms with Crippen molar-refractivity contribution < 1.29 is 0 Å². The van der Waals surface area contributed by atoms with Gasteiger partial charge in [0, 0.05) is 30.4 Å². The van der Waals surface area contributed by atoms with Crippen molar-refractivity contribution in [1.82, 2.24) is 9.88 Å². The van der Waals surface area contributed by atoms with Crippen molar-refractivity contribution in [2.24, 2.45) is 7.05 Å². The summed E-state index contributed by atoms with van der Waals surface area (Å²) in [6.45, 7) is 3.86. The number of halogens is 1. The maximum Gasteiger partial charge on any atom is 0.250 e. The van der Waals surface area contributed by atoms with Crippen LogP contribution in [-0.4, -0.2) is 17.7 Å². The maximum atomic E-state index is 12.0. The van der Waals surface area contributed by atoms with E-state index in [1.807, 2.05) is 25.2 Å². The van der Waals surface area contributed by atoms with Crippen molar-refractivity contribution in [3.63, 3.8) is 0 Å². The molecule has 1 saturated heterocycles. The summed E-state index contributed by atoms with van der Waals surface area (Å²) in [6.07, 6.45) is 0.972. The molecule has 2 heterocycles. The van der Waals surface area contributed by atoms with Crippen LogP contribution in [-0.2, 0) is 12.6 Å². The Labute approximate surface area is 157 Å². The summed E-state index contributed by atoms with van der Waals surface area (Å²) in [6, 6.07) is 15.8. The molecule has 134 valence electrons. The number of nitrogens with zero attached hydrogens (tertiary/aromatic N) is 1. The SMILES string of the molecule is Cc1c(Cl)cccc1[C@@]1(Nc2ccc3ccc(=O)n(C)c3c2)CCNC1. The number of aryl methyl sites for hydroxylation is 1. The molecule has 0 spiro atoms. The second-order valence-corrected chi connectivity index (χ2v) is 7.46. The average molecular weight is 368 g/mol. The van der Waals surface area contributed by atoms with Gasteiger partial charge in [-0.05, 0) is 60.7 Å². The number of fused-ring (bicyclic) bond motifs is 1. The molecule has 1 aromatic heterocycles. The molecule has 0 amide bonds. The molecule has 4 nitrogen and oxygen atoms in total. The van der Waals surface area contributed by atoms with Gasteiger partial charge in [0.25, 0.3) is 5.56 Å². The molecule has 2 aromatic carbocycles. The van der Waals surface area contributed by atoms with Crippen molar-refractivity contribution in [2.45, 2.75) is 18.9 Å². The standard InChI is InChI=1S/C21H22ClN3O/c1-14-17(4-3-5-18(14)22)21(10-11-23-13-21)24-16-8-6-15-7-9-20(26)25(2)19(15)12-16/h3-9,12,23-24H,10-11,13H2,1-2H3/t21-/m1/s1. The van der Waals surface area contributed by atoms with Crippen molar-refractivity contribution in [3.8, 4) is 0 Å². The van der Waals surface area contributed by atoms with Crippen LogP contribution in [0.1, 0.15) is 17.5 Å². The Hall–Kier alpha value is -2.30. The molecular formula is C21H22ClN3O. The van der Waals surface area contributed by atoms with Gasteiger partial charge < -0.3 is 15.2 Å². The molecule has 5 heteroatoms. The van der Waals surface area contributed by atoms with Gasteiger partial charge in [-0.25, -0.2) is 0 Å². The number of pyridine rings is 1. The van der Waals surface area contributed by atoms with Gasteiger partial charge in [-0.3, -0.25) is 4.79 Å². The Bertz CT molecular complexity index is 1040. The van der Waals surface area contributed by atoms with Gasteiger partial charge in [-0.2, -0.15) is 0 Å². The van der Waals surface area contributed by atoms with Gasteiger partial charge >= 0.3 is 0 Å². The average Bonchev–Trinajstić information content (AvgIpc) is 3.10. The lowest BCUT2D eigenvalue weighted by Gasteiger charge is -2.33. The summed E-state index contributed by atoms with van der Waals surface area (Å²) in [5, 5.41) is 9.06. The van der Waals surface area contributed by atoms with Crippen molar-refractivity contribution in [2.75, 3.05) is 18.4 Å². The molecule has 2 N–H and O–H groups in total. The van der Waals surface area contributed by atoms with Crippen molar-refractivity contribution in [3.05, 3.63) is 75.0 Å². The molecule has 0 bridgehead atoms. The van der Waals surface area contributed by atoms with Crippen LogP contribution >= 0.6 is 11.6 Å². The first-order valence-corrected chi connectivity index (χ1v) is 9.22. The molecule has 0 saturated carbocycles. The number of nitrogens with one attached hydrogen (secondary N) is 2. The first-order valence-electron chi connectivity index (χ1n) is 8.84. The van der Waals surface area contributed by atoms with E-state index in [2.05, 4.69) is 41.8 Å². The van der Waals surface area contributed by atoms with Crippen molar-refractivity contribution >= 4 is 28.2 Å². The smallest absolute Gasteiger partial charge is 0.250 e. The molecule has 1 fully saturated rings. The Kier molecular flexibility index (Phi) is 4.25. The Morgan fingerprint density at radius 1 is 1.19 bits per heavy atom. The summed E-state index contributed by atoms with van der Waals surface area (Å²) in [7, 11) is 1.81. The Morgan fingerprint density at radius 3 is 2.77 bits per heavy atom. The fourth-order valence-corrected chi connectivity index (χ4v) is 4.12. The van der Waals surface area contributed by atoms with E-state index in [4.69, 9.17) is 11.6 Å². The largest absolute Gasteiger partial charge is 0.374 e. The molecule has 4 rings (SSSR count). The monoisotopic (exact) mass is 367 g/mol. The molecule has 1 aliphatic heterocycles. The van der Waals surface area contributed by atoms with Gasteiger partial charge in [-0.15, -0.1) is 0 Å². The first-order chi connectivity index (χ1) is 12.5. The van der Waals surface area contributed by atoms with Gasteiger partial charge in [0.2, 0.25) is 0 Å². The number of aromatic nitrogens is 1. The van der Waals surface area contributed by atoms with Crippen LogP contribution < -0.4 is 16.2 Å². The van der Waals surface area contributed by atoms with E-state index in [1.54, 1.807) is 10.6 Å². The van der Waals surface area contributed by atoms with E-state index >= 15 is 0 Å². The number of hydrogen-bond acceptors (Lipinski definition) is 3. The van der Waals surface area contributed by atoms with Crippen LogP contribution in [0.5, 0.6) is 0 Å². The summed E-state index contributed by atoms with van der Waals surface area (Å²) >= 11 is 6.39. The summed E-state index contributed by atoms with van der Waals surface area (Å²) in [5.74, 6) is 0. The summed E-state index contributed by atoms with van der Waals surface area (Å²) < 4.78 is 1.69. The van der Waals surface area contributed by atoms with Gasteiger partial charge in [-0.1, -0.05) is 29.8 Å². The van der Waals surface area contributed by atoms with Gasteiger partial charge in [0.05, 0.1) is 11.1 Å². The van der Waals surface area contributed by atoms with Crippen molar-refractivity contribution in [1.29, 1.82) is 0 Å². The fraction of sp³-hybridized carbons (Fsp3) is 0.286. The van der Waals surface area contributed by atoms with Crippen LogP contribution in [0.15, 0.2) is 53.3 Å². The lowest BCUT2D eigenvalue weighted by Crippen LogP contribution is -2.38. The van der Waals surface area contributed by atoms with Crippen LogP contribution in [0.25, 0.3) is 10.9 Å². The van der Waals surface area contributed by atoms with E-state index in [0.717, 1.165) is 46.7 Å². The number of anilines is 1. The Balaban J connectivity index is 1.80. The first kappa shape index (κ1) is 17.1. The zero-order valence-electron chi connectivity index (χ0n) is 15.0. The molecule has 0 aliphatic carbocycles. The number of rotatable bonds is 3. The number of benzene rings is 2. The summed E-state index contributed by atoms with van der Waals surface area (Å²) in [4.78, 5) is 12.0. The normalized spacial score (nSPS) is 19.8. The zero-order chi connectivity index (χ0) is 18.3. The minimum Gasteiger partial charge on any atom is -0.374 e. The topological polar surface area (TPSA) is 46.1 Å². The van der Waals surface area contributed by atoms with Crippen LogP contribution in [0.4, 0.5) is 5.69 Å². The third-order valence-electron chi connectivity index (χ3n) is 5.45. The highest BCUT2D eigenvalue weighted by molar-refractivity contribution is 6.31. The minimum atomic E-state index is -0.212. The minimum absolute atomic E-state index is 0.00224. The quantitative estimate of drug-likeness (QED) is 0.740. The van der Waals surface area contributed by atoms with Crippen LogP contribution in [0, 0.1) is 6.92 Å². The third kappa shape index (κ3) is 2.79. The molecule has 0 unspecified atom stereocenters. The Morgan fingerprint density at radius 2 is 2.00 bits per heavy atom. The highest BCUT2D eigenvalue weighted by Gasteiger charge is 2.37. The summed E-state index contributed by atoms with van der Waals surface area (Å²) in [5.41, 5.74) is 4.04. The molecule has 1 atom stereocenters. The van der Waals surface area contributed by atoms with E-state index in [-0.39, 0.29) is 11.1 Å². The lowest BCUT2D eigenvalue weighted by atomic mass is 9.85. The fourth-order valence-electron chi connectivity index (χ4n) is 3.94. The number of hydrogen-bond donors (Lipinski definition) is 2. The highest BCUT2D eigenvalue weighted by atomic mass is 35.5. The highest BCUT2D eigenvalue weighted by Crippen LogP contribution is 2.36. The van der Waals surface area contributed by atoms with E-state index in [0.29, 0.717) is 0 Å². The third-order valence-corrected chi connectivity index (χ3v) is 5.86. The molecule has 3 aromatic rings. The van der Waals surface area contributed by atoms with E-state index in [9.17, 15) is 4.79 Å². The van der Waals surface area contributed by atoms with E-state index < -0.39 is 0 Å². The van der Waals surface area contributed by atoms with E-state index in [1.165, 1.54) is 5.56 Å². The van der Waals surface area contributed by atoms with Gasteiger partial charge in [0.1, 0.15) is 0 Å².